The van der Waals surface area contributed by atoms with Crippen molar-refractivity contribution in [3.05, 3.63) is 132 Å². The van der Waals surface area contributed by atoms with Crippen molar-refractivity contribution in [1.29, 1.82) is 0 Å². The number of benzene rings is 4. The molecule has 1 aliphatic heterocycles. The number of nitrogens with two attached hydrogens (primary N) is 2. The number of azo groups is 1. The molecule has 0 bridgehead atoms. The number of para-hydroxylation sites is 5. The second-order valence-electron chi connectivity index (χ2n) is 10.7. The molecule has 10 N–H and O–H groups in total. The molecule has 0 atom stereocenters. The molecule has 1 heterocycles. The number of carbonyl (C=O) groups excluding carboxylic acids is 2. The lowest BCUT2D eigenvalue weighted by atomic mass is 10.2. The van der Waals surface area contributed by atoms with E-state index in [1.54, 1.807) is 60.7 Å². The molecule has 0 aliphatic carbocycles. The fourth-order valence-electron chi connectivity index (χ4n) is 3.93. The number of aromatic carboxylic acids is 2. The number of nitrogens with zero attached hydrogens (tertiary/aromatic N) is 2. The van der Waals surface area contributed by atoms with Crippen molar-refractivity contribution < 1.29 is 58.9 Å². The van der Waals surface area contributed by atoms with Crippen LogP contribution in [0, 0.1) is 0 Å². The van der Waals surface area contributed by atoms with Crippen LogP contribution in [-0.4, -0.2) is 75.8 Å². The number of nitrogen functional groups attached to an aromatic ring is 2. The smallest absolute Gasteiger partial charge is 0.337 e. The third-order valence-corrected chi connectivity index (χ3v) is 6.49. The number of carboxylic acid groups (broad SMARTS) is 2. The highest BCUT2D eigenvalue weighted by Crippen LogP contribution is 2.26. The molecule has 1 saturated heterocycles. The fourth-order valence-corrected chi connectivity index (χ4v) is 3.93. The molecule has 5 rings (SSSR count). The number of rotatable bonds is 12. The number of nitrogens with one attached hydrogen (secondary N) is 1. The van der Waals surface area contributed by atoms with E-state index >= 15 is 0 Å². The first kappa shape index (κ1) is 43.9. The lowest BCUT2D eigenvalue weighted by Crippen LogP contribution is -2.16. The van der Waals surface area contributed by atoms with Crippen LogP contribution in [0.1, 0.15) is 34.1 Å². The molecule has 55 heavy (non-hydrogen) atoms. The van der Waals surface area contributed by atoms with Crippen molar-refractivity contribution in [1.82, 2.24) is 0 Å². The van der Waals surface area contributed by atoms with E-state index in [1.165, 1.54) is 31.2 Å². The average molecular weight is 760 g/mol. The van der Waals surface area contributed by atoms with Crippen LogP contribution in [0.25, 0.3) is 0 Å². The number of anilines is 3. The molecule has 290 valence electrons. The Hall–Kier alpha value is -7.24. The summed E-state index contributed by atoms with van der Waals surface area (Å²) in [6.07, 6.45) is 0.417. The van der Waals surface area contributed by atoms with Gasteiger partial charge in [0.05, 0.1) is 35.7 Å². The minimum atomic E-state index is -1.19. The Bertz CT molecular complexity index is 1970. The molecule has 4 aromatic rings. The van der Waals surface area contributed by atoms with Crippen LogP contribution >= 0.6 is 0 Å². The molecule has 17 nitrogen and oxygen atoms in total. The minimum Gasteiger partial charge on any atom is -0.510 e. The Morgan fingerprint density at radius 1 is 0.764 bits per heavy atom. The number of aliphatic hydroxyl groups is 3. The van der Waals surface area contributed by atoms with Crippen molar-refractivity contribution >= 4 is 46.6 Å². The van der Waals surface area contributed by atoms with Gasteiger partial charge in [0, 0.05) is 5.69 Å². The number of hydrogen-bond acceptors (Lipinski definition) is 14. The zero-order valence-corrected chi connectivity index (χ0v) is 29.6. The SMILES string of the molecule is C=C1CC(=O)O1.CC(O)=C(N=Nc1ccccc1C(=O)O)C(=O)Nc1ccccc1OCCO.Nc1ccccc1C(=O)O.Nc1ccccc1OCCO. The van der Waals surface area contributed by atoms with Gasteiger partial charge in [-0.05, 0) is 55.5 Å². The third kappa shape index (κ3) is 15.5. The van der Waals surface area contributed by atoms with Crippen LogP contribution in [0.5, 0.6) is 11.5 Å². The maximum Gasteiger partial charge on any atom is 0.337 e. The van der Waals surface area contributed by atoms with Crippen molar-refractivity contribution in [2.24, 2.45) is 10.2 Å². The number of cyclic esters (lactones) is 1. The predicted octanol–water partition coefficient (Wildman–Crippen LogP) is 5.32. The molecule has 1 amide bonds. The number of ether oxygens (including phenoxy) is 3. The Labute approximate surface area is 315 Å². The quantitative estimate of drug-likeness (QED) is 0.0298. The molecule has 17 heteroatoms. The van der Waals surface area contributed by atoms with Gasteiger partial charge in [-0.2, -0.15) is 0 Å². The van der Waals surface area contributed by atoms with E-state index in [0.717, 1.165) is 0 Å². The number of aliphatic hydroxyl groups excluding tert-OH is 3. The number of hydrogen-bond donors (Lipinski definition) is 8. The number of esters is 1. The predicted molar refractivity (Wildman–Crippen MR) is 202 cm³/mol. The van der Waals surface area contributed by atoms with Gasteiger partial charge in [-0.25, -0.2) is 9.59 Å². The average Bonchev–Trinajstić information content (AvgIpc) is 3.14. The van der Waals surface area contributed by atoms with E-state index in [4.69, 9.17) is 36.3 Å². The normalized spacial score (nSPS) is 11.7. The van der Waals surface area contributed by atoms with Crippen LogP contribution < -0.4 is 26.3 Å². The van der Waals surface area contributed by atoms with Crippen LogP contribution in [-0.2, 0) is 14.3 Å². The minimum absolute atomic E-state index is 0.00827. The molecule has 1 aliphatic rings. The highest BCUT2D eigenvalue weighted by Gasteiger charge is 2.18. The molecule has 1 fully saturated rings. The molecule has 0 unspecified atom stereocenters. The van der Waals surface area contributed by atoms with Gasteiger partial charge < -0.3 is 56.5 Å². The summed E-state index contributed by atoms with van der Waals surface area (Å²) in [6, 6.07) is 26.0. The van der Waals surface area contributed by atoms with E-state index in [0.29, 0.717) is 40.7 Å². The number of allylic oxidation sites excluding steroid dienone is 1. The van der Waals surface area contributed by atoms with E-state index < -0.39 is 29.3 Å². The topological polar surface area (TPSA) is 286 Å². The summed E-state index contributed by atoms with van der Waals surface area (Å²) in [4.78, 5) is 43.9. The largest absolute Gasteiger partial charge is 0.510 e. The summed E-state index contributed by atoms with van der Waals surface area (Å²) in [5.74, 6) is -1.98. The Morgan fingerprint density at radius 2 is 1.25 bits per heavy atom. The van der Waals surface area contributed by atoms with Gasteiger partial charge in [0.1, 0.15) is 48.3 Å². The van der Waals surface area contributed by atoms with E-state index in [-0.39, 0.29) is 49.2 Å². The summed E-state index contributed by atoms with van der Waals surface area (Å²) in [7, 11) is 0. The number of carboxylic acids is 2. The van der Waals surface area contributed by atoms with Gasteiger partial charge >= 0.3 is 17.9 Å². The number of carbonyl (C=O) groups is 4. The first-order valence-corrected chi connectivity index (χ1v) is 16.1. The van der Waals surface area contributed by atoms with Crippen molar-refractivity contribution in [2.75, 3.05) is 43.2 Å². The highest BCUT2D eigenvalue weighted by atomic mass is 16.6. The Kier molecular flexibility index (Phi) is 18.6. The van der Waals surface area contributed by atoms with E-state index in [9.17, 15) is 29.4 Å². The van der Waals surface area contributed by atoms with Gasteiger partial charge in [0.2, 0.25) is 0 Å². The third-order valence-electron chi connectivity index (χ3n) is 6.49. The lowest BCUT2D eigenvalue weighted by Gasteiger charge is -2.12. The van der Waals surface area contributed by atoms with Crippen LogP contribution in [0.3, 0.4) is 0 Å². The van der Waals surface area contributed by atoms with E-state index in [2.05, 4.69) is 26.9 Å². The van der Waals surface area contributed by atoms with Gasteiger partial charge in [0.15, 0.2) is 5.70 Å². The highest BCUT2D eigenvalue weighted by molar-refractivity contribution is 6.04. The molecule has 0 spiro atoms. The summed E-state index contributed by atoms with van der Waals surface area (Å²) in [5, 5.41) is 54.8. The van der Waals surface area contributed by atoms with Gasteiger partial charge in [-0.15, -0.1) is 10.2 Å². The van der Waals surface area contributed by atoms with Crippen molar-refractivity contribution in [2.45, 2.75) is 13.3 Å². The molecular formula is C38H41N5O12. The summed E-state index contributed by atoms with van der Waals surface area (Å²) < 4.78 is 14.8. The molecule has 4 aromatic carbocycles. The first-order valence-electron chi connectivity index (χ1n) is 16.1. The summed E-state index contributed by atoms with van der Waals surface area (Å²) >= 11 is 0. The zero-order chi connectivity index (χ0) is 40.8. The van der Waals surface area contributed by atoms with Crippen molar-refractivity contribution in [3.8, 4) is 11.5 Å². The van der Waals surface area contributed by atoms with Crippen LogP contribution in [0.2, 0.25) is 0 Å². The van der Waals surface area contributed by atoms with Gasteiger partial charge in [-0.3, -0.25) is 9.59 Å². The number of amides is 1. The standard InChI is InChI=1S/C19H19N3O6.C8H11NO2.C7H7NO2.C4H4O2/c1-12(24)17(22-21-14-7-3-2-6-13(14)19(26)27)18(25)20-15-8-4-5-9-16(15)28-11-10-23;9-7-3-1-2-4-8(7)11-6-5-10;8-6-4-2-1-3-5(6)7(9)10;1-3-2-4(5)6-3/h2-9,23-24H,10-11H2,1H3,(H,20,25)(H,26,27);1-4,10H,5-6,9H2;1-4H,8H2,(H,9,10);1-2H2. The summed E-state index contributed by atoms with van der Waals surface area (Å²) in [5.41, 5.74) is 11.8. The molecular weight excluding hydrogens is 718 g/mol. The molecule has 0 saturated carbocycles. The van der Waals surface area contributed by atoms with Crippen LogP contribution in [0.4, 0.5) is 22.7 Å². The monoisotopic (exact) mass is 759 g/mol. The van der Waals surface area contributed by atoms with Crippen molar-refractivity contribution in [3.63, 3.8) is 0 Å². The molecule has 0 aromatic heterocycles. The maximum atomic E-state index is 12.5. The lowest BCUT2D eigenvalue weighted by molar-refractivity contribution is -0.148. The summed E-state index contributed by atoms with van der Waals surface area (Å²) in [6.45, 7) is 4.77. The van der Waals surface area contributed by atoms with Gasteiger partial charge in [0.25, 0.3) is 5.91 Å². The maximum absolute atomic E-state index is 12.5. The zero-order valence-electron chi connectivity index (χ0n) is 29.6. The van der Waals surface area contributed by atoms with Gasteiger partial charge in [-0.1, -0.05) is 55.1 Å². The Balaban J connectivity index is 0.000000311. The van der Waals surface area contributed by atoms with Crippen LogP contribution in [0.15, 0.2) is 131 Å². The fraction of sp³-hybridized carbons (Fsp3) is 0.158. The second-order valence-corrected chi connectivity index (χ2v) is 10.7. The second kappa shape index (κ2) is 23.3. The van der Waals surface area contributed by atoms with E-state index in [1.807, 2.05) is 12.1 Å². The first-order chi connectivity index (χ1) is 26.3. The molecule has 0 radical (unpaired) electrons. The Morgan fingerprint density at radius 3 is 1.73 bits per heavy atom.